The van der Waals surface area contributed by atoms with E-state index in [0.29, 0.717) is 12.5 Å². The molecule has 2 aromatic rings. The summed E-state index contributed by atoms with van der Waals surface area (Å²) in [7, 11) is -3.29. The number of rotatable bonds is 7. The van der Waals surface area contributed by atoms with E-state index in [0.717, 1.165) is 44.6 Å². The van der Waals surface area contributed by atoms with Crippen LogP contribution < -0.4 is 9.62 Å². The minimum atomic E-state index is -3.29. The van der Waals surface area contributed by atoms with Gasteiger partial charge >= 0.3 is 0 Å². The van der Waals surface area contributed by atoms with Gasteiger partial charge in [-0.05, 0) is 55.2 Å². The SMILES string of the molecule is C[C@@H]1CN(c2ccccn2)C[C@@H](CO[C@H]2CC[C@@H](c3ccccc3)CC2)[C@H]1NS(C)(=O)=O. The van der Waals surface area contributed by atoms with E-state index in [-0.39, 0.29) is 24.0 Å². The van der Waals surface area contributed by atoms with Crippen LogP contribution in [0.4, 0.5) is 5.82 Å². The van der Waals surface area contributed by atoms with Crippen molar-refractivity contribution in [2.75, 3.05) is 30.9 Å². The van der Waals surface area contributed by atoms with Crippen LogP contribution in [0.1, 0.15) is 44.1 Å². The number of hydrogen-bond acceptors (Lipinski definition) is 5. The third kappa shape index (κ3) is 6.09. The van der Waals surface area contributed by atoms with Crippen LogP contribution in [0.15, 0.2) is 54.7 Å². The van der Waals surface area contributed by atoms with Crippen molar-refractivity contribution in [1.82, 2.24) is 9.71 Å². The summed E-state index contributed by atoms with van der Waals surface area (Å²) < 4.78 is 33.4. The zero-order valence-corrected chi connectivity index (χ0v) is 19.9. The molecule has 0 bridgehead atoms. The first-order valence-electron chi connectivity index (χ1n) is 11.7. The van der Waals surface area contributed by atoms with Crippen LogP contribution in [0.25, 0.3) is 0 Å². The summed E-state index contributed by atoms with van der Waals surface area (Å²) in [5, 5.41) is 0. The first kappa shape index (κ1) is 23.2. The minimum Gasteiger partial charge on any atom is -0.378 e. The zero-order valence-electron chi connectivity index (χ0n) is 19.1. The van der Waals surface area contributed by atoms with Gasteiger partial charge in [0.15, 0.2) is 0 Å². The van der Waals surface area contributed by atoms with Crippen molar-refractivity contribution >= 4 is 15.8 Å². The molecule has 2 heterocycles. The molecule has 174 valence electrons. The summed E-state index contributed by atoms with van der Waals surface area (Å²) in [5.74, 6) is 1.78. The molecule has 1 aliphatic heterocycles. The Morgan fingerprint density at radius 2 is 1.75 bits per heavy atom. The molecule has 32 heavy (non-hydrogen) atoms. The number of hydrogen-bond donors (Lipinski definition) is 1. The van der Waals surface area contributed by atoms with Gasteiger partial charge in [0.25, 0.3) is 0 Å². The van der Waals surface area contributed by atoms with Gasteiger partial charge in [-0.2, -0.15) is 0 Å². The summed E-state index contributed by atoms with van der Waals surface area (Å²) in [6.45, 7) is 4.16. The fraction of sp³-hybridized carbons (Fsp3) is 0.560. The Kier molecular flexibility index (Phi) is 7.48. The maximum Gasteiger partial charge on any atom is 0.208 e. The number of sulfonamides is 1. The lowest BCUT2D eigenvalue weighted by molar-refractivity contribution is -0.00624. The van der Waals surface area contributed by atoms with E-state index in [1.165, 1.54) is 11.8 Å². The van der Waals surface area contributed by atoms with E-state index in [2.05, 4.69) is 51.9 Å². The third-order valence-corrected chi connectivity index (χ3v) is 7.60. The molecule has 1 saturated heterocycles. The number of nitrogens with zero attached hydrogens (tertiary/aromatic N) is 2. The smallest absolute Gasteiger partial charge is 0.208 e. The quantitative estimate of drug-likeness (QED) is 0.685. The lowest BCUT2D eigenvalue weighted by atomic mass is 9.82. The monoisotopic (exact) mass is 457 g/mol. The molecule has 1 aromatic heterocycles. The van der Waals surface area contributed by atoms with Gasteiger partial charge < -0.3 is 9.64 Å². The predicted molar refractivity (Wildman–Crippen MR) is 128 cm³/mol. The van der Waals surface area contributed by atoms with Crippen LogP contribution in [0.2, 0.25) is 0 Å². The largest absolute Gasteiger partial charge is 0.378 e. The molecule has 1 saturated carbocycles. The van der Waals surface area contributed by atoms with Crippen molar-refractivity contribution in [2.45, 2.75) is 50.7 Å². The molecule has 1 N–H and O–H groups in total. The zero-order chi connectivity index (χ0) is 22.6. The standard InChI is InChI=1S/C25H35N3O3S/c1-19-16-28(24-10-6-7-15-26-24)17-22(25(19)27-32(2,29)30)18-31-23-13-11-21(12-14-23)20-8-4-3-5-9-20/h3-10,15,19,21-23,25,27H,11-14,16-18H2,1-2H3/t19-,21-,22+,23+,25+/m1/s1. The van der Waals surface area contributed by atoms with Gasteiger partial charge in [0.1, 0.15) is 5.82 Å². The first-order chi connectivity index (χ1) is 15.4. The number of aromatic nitrogens is 1. The molecule has 0 radical (unpaired) electrons. The Bertz CT molecular complexity index is 947. The van der Waals surface area contributed by atoms with Crippen LogP contribution in [-0.4, -0.2) is 51.5 Å². The van der Waals surface area contributed by atoms with Gasteiger partial charge in [-0.1, -0.05) is 43.3 Å². The molecule has 3 atom stereocenters. The Morgan fingerprint density at radius 3 is 2.41 bits per heavy atom. The van der Waals surface area contributed by atoms with Crippen LogP contribution in [0.5, 0.6) is 0 Å². The number of benzene rings is 1. The van der Waals surface area contributed by atoms with Gasteiger partial charge in [-0.25, -0.2) is 18.1 Å². The minimum absolute atomic E-state index is 0.0716. The average Bonchev–Trinajstić information content (AvgIpc) is 2.80. The molecule has 1 aromatic carbocycles. The summed E-state index contributed by atoms with van der Waals surface area (Å²) >= 11 is 0. The number of nitrogens with one attached hydrogen (secondary N) is 1. The van der Waals surface area contributed by atoms with Crippen LogP contribution in [0, 0.1) is 11.8 Å². The molecule has 1 aliphatic carbocycles. The molecular weight excluding hydrogens is 422 g/mol. The Morgan fingerprint density at radius 1 is 1.03 bits per heavy atom. The van der Waals surface area contributed by atoms with Crippen molar-refractivity contribution in [3.05, 3.63) is 60.3 Å². The highest BCUT2D eigenvalue weighted by Gasteiger charge is 2.37. The first-order valence-corrected chi connectivity index (χ1v) is 13.6. The molecule has 0 spiro atoms. The Balaban J connectivity index is 1.38. The van der Waals surface area contributed by atoms with E-state index in [9.17, 15) is 8.42 Å². The molecule has 0 amide bonds. The second-order valence-electron chi connectivity index (χ2n) is 9.46. The number of ether oxygens (including phenoxy) is 1. The van der Waals surface area contributed by atoms with E-state index >= 15 is 0 Å². The fourth-order valence-electron chi connectivity index (χ4n) is 5.29. The summed E-state index contributed by atoms with van der Waals surface area (Å²) in [6.07, 6.45) is 7.67. The van der Waals surface area contributed by atoms with E-state index in [4.69, 9.17) is 4.74 Å². The molecule has 2 fully saturated rings. The van der Waals surface area contributed by atoms with E-state index in [1.54, 1.807) is 6.20 Å². The maximum absolute atomic E-state index is 12.0. The molecule has 6 nitrogen and oxygen atoms in total. The Hall–Kier alpha value is -1.96. The van der Waals surface area contributed by atoms with Crippen molar-refractivity contribution in [2.24, 2.45) is 11.8 Å². The highest BCUT2D eigenvalue weighted by atomic mass is 32.2. The molecule has 2 aliphatic rings. The number of piperidine rings is 1. The highest BCUT2D eigenvalue weighted by molar-refractivity contribution is 7.88. The third-order valence-electron chi connectivity index (χ3n) is 6.90. The van der Waals surface area contributed by atoms with Gasteiger partial charge in [0.05, 0.1) is 19.0 Å². The topological polar surface area (TPSA) is 71.5 Å². The van der Waals surface area contributed by atoms with E-state index in [1.807, 2.05) is 18.2 Å². The average molecular weight is 458 g/mol. The van der Waals surface area contributed by atoms with Crippen molar-refractivity contribution in [3.63, 3.8) is 0 Å². The molecule has 4 rings (SSSR count). The van der Waals surface area contributed by atoms with Gasteiger partial charge in [-0.3, -0.25) is 0 Å². The summed E-state index contributed by atoms with van der Waals surface area (Å²) in [6, 6.07) is 16.5. The van der Waals surface area contributed by atoms with Crippen LogP contribution >= 0.6 is 0 Å². The van der Waals surface area contributed by atoms with Crippen molar-refractivity contribution in [3.8, 4) is 0 Å². The highest BCUT2D eigenvalue weighted by Crippen LogP contribution is 2.35. The Labute approximate surface area is 192 Å². The fourth-order valence-corrected chi connectivity index (χ4v) is 6.21. The van der Waals surface area contributed by atoms with Crippen LogP contribution in [-0.2, 0) is 14.8 Å². The van der Waals surface area contributed by atoms with Crippen LogP contribution in [0.3, 0.4) is 0 Å². The second kappa shape index (κ2) is 10.3. The van der Waals surface area contributed by atoms with E-state index < -0.39 is 10.0 Å². The van der Waals surface area contributed by atoms with Crippen molar-refractivity contribution < 1.29 is 13.2 Å². The maximum atomic E-state index is 12.0. The molecule has 7 heteroatoms. The second-order valence-corrected chi connectivity index (χ2v) is 11.2. The number of anilines is 1. The summed E-state index contributed by atoms with van der Waals surface area (Å²) in [4.78, 5) is 6.76. The predicted octanol–water partition coefficient (Wildman–Crippen LogP) is 3.81. The van der Waals surface area contributed by atoms with Crippen molar-refractivity contribution in [1.29, 1.82) is 0 Å². The van der Waals surface area contributed by atoms with Gasteiger partial charge in [0.2, 0.25) is 10.0 Å². The lowest BCUT2D eigenvalue weighted by Gasteiger charge is -2.43. The molecular formula is C25H35N3O3S. The summed E-state index contributed by atoms with van der Waals surface area (Å²) in [5.41, 5.74) is 1.43. The molecule has 0 unspecified atom stereocenters. The lowest BCUT2D eigenvalue weighted by Crippen LogP contribution is -2.57. The normalized spacial score (nSPS) is 29.1. The van der Waals surface area contributed by atoms with Gasteiger partial charge in [-0.15, -0.1) is 0 Å². The van der Waals surface area contributed by atoms with Gasteiger partial charge in [0, 0.05) is 31.2 Å². The number of pyridine rings is 1.